The zero-order valence-corrected chi connectivity index (χ0v) is 8.21. The Bertz CT molecular complexity index is 296. The quantitative estimate of drug-likeness (QED) is 0.550. The molecular weight excluding hydrogens is 287 g/mol. The summed E-state index contributed by atoms with van der Waals surface area (Å²) in [7, 11) is 0. The fourth-order valence-corrected chi connectivity index (χ4v) is 0.633. The number of alkyl halides is 9. The molecule has 108 valence electrons. The van der Waals surface area contributed by atoms with Crippen molar-refractivity contribution < 1.29 is 49.0 Å². The van der Waals surface area contributed by atoms with Crippen molar-refractivity contribution in [3.63, 3.8) is 0 Å². The van der Waals surface area contributed by atoms with Crippen molar-refractivity contribution in [1.29, 1.82) is 0 Å². The maximum absolute atomic E-state index is 12.5. The lowest BCUT2D eigenvalue weighted by Crippen LogP contribution is -2.58. The average molecular weight is 292 g/mol. The van der Waals surface area contributed by atoms with E-state index in [-0.39, 0.29) is 0 Å². The van der Waals surface area contributed by atoms with Crippen LogP contribution in [0.25, 0.3) is 0 Å². The third-order valence-corrected chi connectivity index (χ3v) is 1.36. The largest absolute Gasteiger partial charge is 0.527 e. The maximum atomic E-state index is 12.5. The van der Waals surface area contributed by atoms with Gasteiger partial charge in [0.25, 0.3) is 0 Å². The van der Waals surface area contributed by atoms with Gasteiger partial charge in [0.15, 0.2) is 0 Å². The monoisotopic (exact) mass is 292 g/mol. The van der Waals surface area contributed by atoms with E-state index in [0.717, 1.165) is 0 Å². The molecule has 0 aromatic heterocycles. The first kappa shape index (κ1) is 17.0. The molecule has 0 fully saturated rings. The fourth-order valence-electron chi connectivity index (χ4n) is 0.633. The molecule has 0 amide bonds. The number of ether oxygens (including phenoxy) is 2. The Morgan fingerprint density at radius 3 is 1.61 bits per heavy atom. The molecule has 0 aliphatic carbocycles. The van der Waals surface area contributed by atoms with Crippen LogP contribution < -0.4 is 0 Å². The van der Waals surface area contributed by atoms with Gasteiger partial charge in [-0.2, -0.15) is 26.3 Å². The first-order valence-electron chi connectivity index (χ1n) is 3.92. The van der Waals surface area contributed by atoms with Gasteiger partial charge in [-0.25, -0.2) is 4.74 Å². The van der Waals surface area contributed by atoms with Crippen LogP contribution in [0.3, 0.4) is 0 Å². The highest BCUT2D eigenvalue weighted by molar-refractivity contribution is 4.87. The summed E-state index contributed by atoms with van der Waals surface area (Å²) in [5.74, 6) is -6.53. The average Bonchev–Trinajstić information content (AvgIpc) is 2.10. The SMILES string of the molecule is C=CCOC(F)(F)C(F)(F)C(F)(F)OC(F)(F)F. The van der Waals surface area contributed by atoms with Gasteiger partial charge in [0.2, 0.25) is 0 Å². The Labute approximate surface area is 94.0 Å². The predicted molar refractivity (Wildman–Crippen MR) is 38.1 cm³/mol. The van der Waals surface area contributed by atoms with Gasteiger partial charge in [0, 0.05) is 0 Å². The van der Waals surface area contributed by atoms with Crippen LogP contribution in [0.1, 0.15) is 0 Å². The van der Waals surface area contributed by atoms with Crippen LogP contribution in [0.2, 0.25) is 0 Å². The Hall–Kier alpha value is -0.970. The summed E-state index contributed by atoms with van der Waals surface area (Å²) in [5, 5.41) is 0. The van der Waals surface area contributed by atoms with Crippen LogP contribution >= 0.6 is 0 Å². The van der Waals surface area contributed by atoms with Crippen molar-refractivity contribution in [3.8, 4) is 0 Å². The zero-order valence-electron chi connectivity index (χ0n) is 8.21. The van der Waals surface area contributed by atoms with E-state index in [0.29, 0.717) is 6.08 Å². The summed E-state index contributed by atoms with van der Waals surface area (Å²) in [5.41, 5.74) is 0. The molecule has 0 bridgehead atoms. The number of halogens is 9. The summed E-state index contributed by atoms with van der Waals surface area (Å²) >= 11 is 0. The van der Waals surface area contributed by atoms with Crippen molar-refractivity contribution >= 4 is 0 Å². The van der Waals surface area contributed by atoms with E-state index in [2.05, 4.69) is 11.3 Å². The van der Waals surface area contributed by atoms with Crippen molar-refractivity contribution in [3.05, 3.63) is 12.7 Å². The van der Waals surface area contributed by atoms with Gasteiger partial charge in [0.1, 0.15) is 0 Å². The van der Waals surface area contributed by atoms with Crippen molar-refractivity contribution in [2.75, 3.05) is 6.61 Å². The van der Waals surface area contributed by atoms with Crippen molar-refractivity contribution in [2.24, 2.45) is 0 Å². The van der Waals surface area contributed by atoms with Gasteiger partial charge in [-0.15, -0.1) is 19.8 Å². The Kier molecular flexibility index (Phi) is 4.69. The molecule has 0 saturated heterocycles. The lowest BCUT2D eigenvalue weighted by atomic mass is 10.3. The predicted octanol–water partition coefficient (Wildman–Crippen LogP) is 3.55. The van der Waals surface area contributed by atoms with Gasteiger partial charge in [-0.1, -0.05) is 6.08 Å². The molecule has 0 spiro atoms. The van der Waals surface area contributed by atoms with Crippen LogP contribution in [0.15, 0.2) is 12.7 Å². The Morgan fingerprint density at radius 1 is 0.833 bits per heavy atom. The molecule has 0 heterocycles. The van der Waals surface area contributed by atoms with Gasteiger partial charge >= 0.3 is 24.5 Å². The molecule has 0 radical (unpaired) electrons. The van der Waals surface area contributed by atoms with E-state index in [9.17, 15) is 39.5 Å². The summed E-state index contributed by atoms with van der Waals surface area (Å²) in [6.07, 6.45) is -18.1. The minimum atomic E-state index is -6.53. The van der Waals surface area contributed by atoms with Gasteiger partial charge < -0.3 is 4.74 Å². The highest BCUT2D eigenvalue weighted by Crippen LogP contribution is 2.48. The molecule has 0 aromatic rings. The molecule has 11 heteroatoms. The minimum Gasteiger partial charge on any atom is -0.311 e. The maximum Gasteiger partial charge on any atom is 0.527 e. The topological polar surface area (TPSA) is 18.5 Å². The van der Waals surface area contributed by atoms with Gasteiger partial charge in [-0.05, 0) is 0 Å². The molecule has 0 atom stereocenters. The van der Waals surface area contributed by atoms with Crippen molar-refractivity contribution in [2.45, 2.75) is 24.5 Å². The summed E-state index contributed by atoms with van der Waals surface area (Å²) in [6, 6.07) is 0. The Morgan fingerprint density at radius 2 is 1.28 bits per heavy atom. The summed E-state index contributed by atoms with van der Waals surface area (Å²) in [4.78, 5) is 0. The van der Waals surface area contributed by atoms with Crippen LogP contribution in [0, 0.1) is 0 Å². The molecule has 0 aliphatic heterocycles. The van der Waals surface area contributed by atoms with Crippen LogP contribution in [-0.2, 0) is 9.47 Å². The zero-order chi connectivity index (χ0) is 14.8. The smallest absolute Gasteiger partial charge is 0.311 e. The van der Waals surface area contributed by atoms with Gasteiger partial charge in [0.05, 0.1) is 6.61 Å². The second-order valence-corrected chi connectivity index (χ2v) is 2.76. The minimum absolute atomic E-state index is 0.507. The van der Waals surface area contributed by atoms with Crippen molar-refractivity contribution in [1.82, 2.24) is 0 Å². The summed E-state index contributed by atoms with van der Waals surface area (Å²) < 4.78 is 114. The molecule has 0 aliphatic rings. The van der Waals surface area contributed by atoms with E-state index in [1.165, 1.54) is 0 Å². The van der Waals surface area contributed by atoms with E-state index in [1.54, 1.807) is 4.74 Å². The van der Waals surface area contributed by atoms with Crippen LogP contribution in [0.4, 0.5) is 39.5 Å². The number of hydrogen-bond acceptors (Lipinski definition) is 2. The third kappa shape index (κ3) is 3.77. The van der Waals surface area contributed by atoms with Gasteiger partial charge in [-0.3, -0.25) is 0 Å². The molecule has 0 N–H and O–H groups in total. The second-order valence-electron chi connectivity index (χ2n) is 2.76. The van der Waals surface area contributed by atoms with Crippen LogP contribution in [0.5, 0.6) is 0 Å². The first-order chi connectivity index (χ1) is 7.77. The standard InChI is InChI=1S/C7H5F9O2/c1-2-3-17-5(10,11)4(8,9)6(12,13)18-7(14,15)16/h2H,1,3H2. The third-order valence-electron chi connectivity index (χ3n) is 1.36. The Balaban J connectivity index is 5.15. The molecular formula is C7H5F9O2. The summed E-state index contributed by atoms with van der Waals surface area (Å²) in [6.45, 7) is 1.48. The van der Waals surface area contributed by atoms with E-state index in [1.807, 2.05) is 0 Å². The first-order valence-corrected chi connectivity index (χ1v) is 3.92. The van der Waals surface area contributed by atoms with E-state index in [4.69, 9.17) is 0 Å². The van der Waals surface area contributed by atoms with Crippen LogP contribution in [-0.4, -0.2) is 31.1 Å². The lowest BCUT2D eigenvalue weighted by molar-refractivity contribution is -0.506. The lowest BCUT2D eigenvalue weighted by Gasteiger charge is -2.31. The normalized spacial score (nSPS) is 14.7. The fraction of sp³-hybridized carbons (Fsp3) is 0.714. The molecule has 2 nitrogen and oxygen atoms in total. The second kappa shape index (κ2) is 4.96. The number of hydrogen-bond donors (Lipinski definition) is 0. The number of rotatable bonds is 6. The molecule has 0 saturated carbocycles. The highest BCUT2D eigenvalue weighted by atomic mass is 19.4. The molecule has 0 unspecified atom stereocenters. The highest BCUT2D eigenvalue weighted by Gasteiger charge is 2.76. The van der Waals surface area contributed by atoms with E-state index >= 15 is 0 Å². The molecule has 0 rings (SSSR count). The molecule has 0 aromatic carbocycles. The molecule has 18 heavy (non-hydrogen) atoms. The van der Waals surface area contributed by atoms with E-state index < -0.39 is 31.1 Å².